The van der Waals surface area contributed by atoms with E-state index in [0.29, 0.717) is 12.2 Å². The maximum Gasteiger partial charge on any atom is 0.251 e. The minimum atomic E-state index is -0.433. The summed E-state index contributed by atoms with van der Waals surface area (Å²) in [6, 6.07) is 16.5. The summed E-state index contributed by atoms with van der Waals surface area (Å²) in [5, 5.41) is 3.15. The third-order valence-electron chi connectivity index (χ3n) is 3.45. The Morgan fingerprint density at radius 3 is 2.70 bits per heavy atom. The van der Waals surface area contributed by atoms with Crippen LogP contribution in [0.2, 0.25) is 0 Å². The monoisotopic (exact) mass is 267 g/mol. The molecule has 2 aromatic rings. The van der Waals surface area contributed by atoms with Crippen molar-refractivity contribution < 1.29 is 9.59 Å². The quantitative estimate of drug-likeness (QED) is 0.679. The molecule has 2 aromatic carbocycles. The van der Waals surface area contributed by atoms with Crippen molar-refractivity contribution in [2.45, 2.75) is 19.0 Å². The van der Waals surface area contributed by atoms with E-state index in [1.165, 1.54) is 4.90 Å². The summed E-state index contributed by atoms with van der Waals surface area (Å²) in [7, 11) is 0. The molecule has 2 amide bonds. The van der Waals surface area contributed by atoms with Crippen LogP contribution in [0.5, 0.6) is 0 Å². The first kappa shape index (κ1) is 12.7. The Labute approximate surface area is 117 Å². The van der Waals surface area contributed by atoms with Crippen molar-refractivity contribution in [2.75, 3.05) is 4.90 Å². The predicted octanol–water partition coefficient (Wildman–Crippen LogP) is 1.83. The molecule has 1 aliphatic rings. The lowest BCUT2D eigenvalue weighted by Crippen LogP contribution is -2.38. The summed E-state index contributed by atoms with van der Waals surface area (Å²) in [6.45, 7) is 0.597. The zero-order chi connectivity index (χ0) is 13.9. The van der Waals surface area contributed by atoms with Crippen molar-refractivity contribution in [1.29, 1.82) is 0 Å². The second kappa shape index (κ2) is 5.35. The Bertz CT molecular complexity index is 605. The highest BCUT2D eigenvalue weighted by atomic mass is 16.2. The van der Waals surface area contributed by atoms with Crippen LogP contribution in [0.25, 0.3) is 0 Å². The van der Waals surface area contributed by atoms with Crippen LogP contribution in [0, 0.1) is 0 Å². The van der Waals surface area contributed by atoms with Crippen LogP contribution in [-0.4, -0.2) is 17.9 Å². The van der Waals surface area contributed by atoms with Gasteiger partial charge in [0.1, 0.15) is 0 Å². The van der Waals surface area contributed by atoms with Crippen molar-refractivity contribution in [3.05, 3.63) is 60.2 Å². The number of benzene rings is 1. The number of hydrogen-bond acceptors (Lipinski definition) is 3. The van der Waals surface area contributed by atoms with E-state index in [1.54, 1.807) is 12.1 Å². The van der Waals surface area contributed by atoms with Gasteiger partial charge in [0.15, 0.2) is 0 Å². The summed E-state index contributed by atoms with van der Waals surface area (Å²) >= 11 is 0. The fraction of sp³-hybridized carbons (Fsp3) is 0.188. The first-order valence-electron chi connectivity index (χ1n) is 6.61. The van der Waals surface area contributed by atoms with Crippen molar-refractivity contribution in [1.82, 2.24) is 5.32 Å². The topological polar surface area (TPSA) is 49.4 Å². The molecule has 1 atom stereocenters. The average molecular weight is 267 g/mol. The summed E-state index contributed by atoms with van der Waals surface area (Å²) in [4.78, 5) is 25.6. The summed E-state index contributed by atoms with van der Waals surface area (Å²) in [6.07, 6.45) is 0.217. The predicted molar refractivity (Wildman–Crippen MR) is 76.2 cm³/mol. The largest absolute Gasteiger partial charge is 0.314 e. The van der Waals surface area contributed by atoms with E-state index in [1.807, 2.05) is 42.5 Å². The first-order valence-corrected chi connectivity index (χ1v) is 6.61. The maximum absolute atomic E-state index is 12.3. The van der Waals surface area contributed by atoms with Crippen LogP contribution in [0.4, 0.5) is 5.69 Å². The van der Waals surface area contributed by atoms with Gasteiger partial charge in [-0.25, -0.2) is 11.0 Å². The van der Waals surface area contributed by atoms with Crippen LogP contribution >= 0.6 is 0 Å². The van der Waals surface area contributed by atoms with Gasteiger partial charge in [0.2, 0.25) is 5.91 Å². The van der Waals surface area contributed by atoms with Gasteiger partial charge in [0.25, 0.3) is 5.91 Å². The minimum Gasteiger partial charge on any atom is -0.314 e. The Hall–Kier alpha value is -2.33. The van der Waals surface area contributed by atoms with E-state index < -0.39 is 6.04 Å². The smallest absolute Gasteiger partial charge is 0.251 e. The van der Waals surface area contributed by atoms with Crippen molar-refractivity contribution >= 4 is 17.5 Å². The van der Waals surface area contributed by atoms with Crippen LogP contribution in [0.1, 0.15) is 12.0 Å². The first-order chi connectivity index (χ1) is 9.75. The maximum atomic E-state index is 12.3. The summed E-state index contributed by atoms with van der Waals surface area (Å²) in [5.41, 5.74) is 1.75. The molecule has 1 fully saturated rings. The summed E-state index contributed by atoms with van der Waals surface area (Å²) < 4.78 is 0. The molecule has 1 saturated heterocycles. The minimum absolute atomic E-state index is 0.152. The molecule has 0 spiro atoms. The van der Waals surface area contributed by atoms with Gasteiger partial charge < -0.3 is 5.32 Å². The lowest BCUT2D eigenvalue weighted by atomic mass is 10.2. The van der Waals surface area contributed by atoms with Gasteiger partial charge in [-0.05, 0) is 18.7 Å². The fourth-order valence-corrected chi connectivity index (χ4v) is 2.41. The van der Waals surface area contributed by atoms with Gasteiger partial charge in [-0.2, -0.15) is 23.8 Å². The second-order valence-corrected chi connectivity index (χ2v) is 4.83. The Morgan fingerprint density at radius 1 is 1.20 bits per heavy atom. The highest BCUT2D eigenvalue weighted by Crippen LogP contribution is 2.22. The zero-order valence-corrected chi connectivity index (χ0v) is 11.0. The highest BCUT2D eigenvalue weighted by Gasteiger charge is 2.38. The number of hydrogen-bond donors (Lipinski definition) is 1. The normalized spacial score (nSPS) is 18.8. The molecule has 0 saturated carbocycles. The molecule has 1 N–H and O–H groups in total. The molecule has 4 heteroatoms. The molecule has 0 bridgehead atoms. The van der Waals surface area contributed by atoms with E-state index in [9.17, 15) is 9.59 Å². The number of carbonyl (C=O) groups excluding carboxylic acids is 2. The van der Waals surface area contributed by atoms with Gasteiger partial charge in [0.05, 0.1) is 18.2 Å². The van der Waals surface area contributed by atoms with Crippen LogP contribution in [0.15, 0.2) is 54.6 Å². The van der Waals surface area contributed by atoms with Gasteiger partial charge in [-0.3, -0.25) is 9.59 Å². The molecule has 20 heavy (non-hydrogen) atoms. The molecule has 4 nitrogen and oxygen atoms in total. The molecule has 0 aromatic heterocycles. The molecular weight excluding hydrogens is 252 g/mol. The molecular formula is C16H15N2O2-. The van der Waals surface area contributed by atoms with E-state index in [4.69, 9.17) is 0 Å². The number of amides is 2. The van der Waals surface area contributed by atoms with Crippen molar-refractivity contribution in [2.24, 2.45) is 0 Å². The van der Waals surface area contributed by atoms with Gasteiger partial charge in [0, 0.05) is 0 Å². The lowest BCUT2D eigenvalue weighted by Gasteiger charge is -2.16. The molecule has 3 rings (SSSR count). The lowest BCUT2D eigenvalue weighted by molar-refractivity contribution is -0.121. The summed E-state index contributed by atoms with van der Waals surface area (Å²) in [5.74, 6) is -0.325. The van der Waals surface area contributed by atoms with Gasteiger partial charge in [-0.1, -0.05) is 18.2 Å². The Kier molecular flexibility index (Phi) is 3.39. The van der Waals surface area contributed by atoms with E-state index in [0.717, 1.165) is 5.56 Å². The fourth-order valence-electron chi connectivity index (χ4n) is 2.41. The zero-order valence-electron chi connectivity index (χ0n) is 11.0. The third-order valence-corrected chi connectivity index (χ3v) is 3.45. The number of para-hydroxylation sites is 1. The van der Waals surface area contributed by atoms with E-state index >= 15 is 0 Å². The highest BCUT2D eigenvalue weighted by molar-refractivity contribution is 6.22. The van der Waals surface area contributed by atoms with Gasteiger partial charge in [-0.15, -0.1) is 0 Å². The number of imide groups is 1. The molecule has 1 heterocycles. The Balaban J connectivity index is 1.70. The number of rotatable bonds is 4. The third kappa shape index (κ3) is 2.38. The van der Waals surface area contributed by atoms with Crippen LogP contribution < -0.4 is 10.2 Å². The van der Waals surface area contributed by atoms with Gasteiger partial charge >= 0.3 is 0 Å². The molecule has 0 aliphatic carbocycles. The number of nitrogens with zero attached hydrogens (tertiary/aromatic N) is 1. The Morgan fingerprint density at radius 2 is 2.00 bits per heavy atom. The molecule has 102 valence electrons. The molecule has 1 unspecified atom stereocenters. The van der Waals surface area contributed by atoms with E-state index in [-0.39, 0.29) is 18.2 Å². The second-order valence-electron chi connectivity index (χ2n) is 4.83. The number of nitrogens with one attached hydrogen (secondary N) is 1. The van der Waals surface area contributed by atoms with Crippen molar-refractivity contribution in [3.63, 3.8) is 0 Å². The SMILES string of the molecule is O=C1CC(NCc2cc[cH-]c2)C(=O)N1c1ccccc1. The van der Waals surface area contributed by atoms with Crippen LogP contribution in [-0.2, 0) is 16.1 Å². The van der Waals surface area contributed by atoms with Crippen LogP contribution in [0.3, 0.4) is 0 Å². The number of anilines is 1. The standard InChI is InChI=1S/C16H15N2O2/c19-15-10-14(17-11-12-6-4-5-7-12)16(20)18(15)13-8-2-1-3-9-13/h1-9,14,17H,10-11H2/q-1. The van der Waals surface area contributed by atoms with E-state index in [2.05, 4.69) is 5.32 Å². The number of carbonyl (C=O) groups is 2. The molecule has 0 radical (unpaired) electrons. The van der Waals surface area contributed by atoms with Crippen molar-refractivity contribution in [3.8, 4) is 0 Å². The average Bonchev–Trinajstić information content (AvgIpc) is 3.06. The molecule has 1 aliphatic heterocycles.